The topological polar surface area (TPSA) is 60.7 Å². The van der Waals surface area contributed by atoms with Crippen molar-refractivity contribution in [3.63, 3.8) is 0 Å². The molecule has 0 aliphatic carbocycles. The van der Waals surface area contributed by atoms with Crippen molar-refractivity contribution in [3.8, 4) is 11.8 Å². The molecule has 0 aromatic heterocycles. The van der Waals surface area contributed by atoms with Gasteiger partial charge in [0.25, 0.3) is 0 Å². The molecule has 0 spiro atoms. The van der Waals surface area contributed by atoms with E-state index in [1.165, 1.54) is 6.07 Å². The van der Waals surface area contributed by atoms with Crippen LogP contribution in [-0.2, 0) is 6.54 Å². The van der Waals surface area contributed by atoms with Crippen LogP contribution in [0.15, 0.2) is 53.5 Å². The van der Waals surface area contributed by atoms with Crippen LogP contribution in [0.5, 0.6) is 5.75 Å². The first-order valence-corrected chi connectivity index (χ1v) is 7.92. The van der Waals surface area contributed by atoms with Crippen LogP contribution in [0.25, 0.3) is 0 Å². The summed E-state index contributed by atoms with van der Waals surface area (Å²) in [5.74, 6) is 0.589. The van der Waals surface area contributed by atoms with Gasteiger partial charge in [-0.05, 0) is 29.8 Å². The highest BCUT2D eigenvalue weighted by atomic mass is 127. The van der Waals surface area contributed by atoms with Gasteiger partial charge in [0.15, 0.2) is 17.5 Å². The molecule has 0 aliphatic rings. The van der Waals surface area contributed by atoms with Gasteiger partial charge in [0.2, 0.25) is 0 Å². The average Bonchev–Trinajstić information content (AvgIpc) is 2.64. The van der Waals surface area contributed by atoms with E-state index in [-0.39, 0.29) is 35.5 Å². The molecule has 7 heteroatoms. The number of ether oxygens (including phenoxy) is 1. The Morgan fingerprint density at radius 2 is 1.92 bits per heavy atom. The van der Waals surface area contributed by atoms with Gasteiger partial charge in [-0.25, -0.2) is 4.39 Å². The monoisotopic (exact) mass is 468 g/mol. The number of guanidine groups is 1. The minimum Gasteiger partial charge on any atom is -0.489 e. The third kappa shape index (κ3) is 6.52. The van der Waals surface area contributed by atoms with Gasteiger partial charge in [-0.15, -0.1) is 24.0 Å². The first-order valence-electron chi connectivity index (χ1n) is 7.92. The third-order valence-corrected chi connectivity index (χ3v) is 3.63. The van der Waals surface area contributed by atoms with Crippen molar-refractivity contribution in [1.29, 1.82) is 5.26 Å². The number of nitriles is 1. The fourth-order valence-electron chi connectivity index (χ4n) is 2.22. The zero-order valence-electron chi connectivity index (χ0n) is 14.8. The van der Waals surface area contributed by atoms with Crippen molar-refractivity contribution >= 4 is 29.9 Å². The molecule has 26 heavy (non-hydrogen) atoms. The highest BCUT2D eigenvalue weighted by Crippen LogP contribution is 2.15. The predicted octanol–water partition coefficient (Wildman–Crippen LogP) is 3.40. The summed E-state index contributed by atoms with van der Waals surface area (Å²) in [6, 6.07) is 15.8. The molecule has 2 aromatic carbocycles. The van der Waals surface area contributed by atoms with Gasteiger partial charge in [0, 0.05) is 20.6 Å². The highest BCUT2D eigenvalue weighted by molar-refractivity contribution is 14.0. The molecule has 0 atom stereocenters. The van der Waals surface area contributed by atoms with E-state index in [1.807, 2.05) is 24.1 Å². The van der Waals surface area contributed by atoms with Crippen molar-refractivity contribution in [2.45, 2.75) is 6.54 Å². The Hall–Kier alpha value is -2.34. The maximum Gasteiger partial charge on any atom is 0.193 e. The van der Waals surface area contributed by atoms with Crippen molar-refractivity contribution in [2.24, 2.45) is 4.99 Å². The zero-order chi connectivity index (χ0) is 18.1. The quantitative estimate of drug-likeness (QED) is 0.401. The van der Waals surface area contributed by atoms with Crippen LogP contribution >= 0.6 is 24.0 Å². The Morgan fingerprint density at radius 1 is 1.23 bits per heavy atom. The summed E-state index contributed by atoms with van der Waals surface area (Å²) in [5, 5.41) is 12.1. The molecule has 0 heterocycles. The largest absolute Gasteiger partial charge is 0.489 e. The van der Waals surface area contributed by atoms with Crippen molar-refractivity contribution < 1.29 is 9.13 Å². The van der Waals surface area contributed by atoms with E-state index >= 15 is 0 Å². The van der Waals surface area contributed by atoms with E-state index in [1.54, 1.807) is 37.4 Å². The average molecular weight is 468 g/mol. The van der Waals surface area contributed by atoms with Gasteiger partial charge in [-0.1, -0.05) is 24.3 Å². The molecule has 0 amide bonds. The van der Waals surface area contributed by atoms with Crippen LogP contribution in [0.1, 0.15) is 11.1 Å². The molecular weight excluding hydrogens is 446 g/mol. The first kappa shape index (κ1) is 21.7. The number of para-hydroxylation sites is 1. The van der Waals surface area contributed by atoms with Crippen molar-refractivity contribution in [2.75, 3.05) is 27.2 Å². The molecule has 0 radical (unpaired) electrons. The van der Waals surface area contributed by atoms with Crippen LogP contribution in [0.2, 0.25) is 0 Å². The summed E-state index contributed by atoms with van der Waals surface area (Å²) >= 11 is 0. The van der Waals surface area contributed by atoms with E-state index in [0.717, 1.165) is 5.56 Å². The summed E-state index contributed by atoms with van der Waals surface area (Å²) in [5.41, 5.74) is 1.69. The number of benzene rings is 2. The minimum absolute atomic E-state index is 0. The van der Waals surface area contributed by atoms with Crippen LogP contribution in [0, 0.1) is 17.1 Å². The molecule has 2 aromatic rings. The molecule has 0 saturated heterocycles. The van der Waals surface area contributed by atoms with Gasteiger partial charge in [-0.2, -0.15) is 5.26 Å². The van der Waals surface area contributed by atoms with Crippen molar-refractivity contribution in [1.82, 2.24) is 10.2 Å². The first-order chi connectivity index (χ1) is 12.1. The number of hydrogen-bond acceptors (Lipinski definition) is 3. The van der Waals surface area contributed by atoms with Crippen LogP contribution in [-0.4, -0.2) is 38.1 Å². The maximum atomic E-state index is 13.5. The van der Waals surface area contributed by atoms with Gasteiger partial charge >= 0.3 is 0 Å². The molecular formula is C19H22FIN4O. The number of aliphatic imine (C=N–C) groups is 1. The van der Waals surface area contributed by atoms with E-state index in [9.17, 15) is 4.39 Å². The number of nitrogens with one attached hydrogen (secondary N) is 1. The molecule has 0 saturated carbocycles. The lowest BCUT2D eigenvalue weighted by molar-refractivity contribution is 0.270. The summed E-state index contributed by atoms with van der Waals surface area (Å²) in [7, 11) is 3.59. The SMILES string of the molecule is CN=C(NCc1ccc(C#N)cc1)N(C)CCOc1ccccc1F.I. The molecule has 1 N–H and O–H groups in total. The normalized spacial score (nSPS) is 10.5. The second-order valence-electron chi connectivity index (χ2n) is 5.41. The fraction of sp³-hybridized carbons (Fsp3) is 0.263. The Balaban J connectivity index is 0.00000338. The van der Waals surface area contributed by atoms with Crippen LogP contribution < -0.4 is 10.1 Å². The lowest BCUT2D eigenvalue weighted by atomic mass is 10.1. The van der Waals surface area contributed by atoms with Gasteiger partial charge in [0.1, 0.15) is 6.61 Å². The summed E-state index contributed by atoms with van der Waals surface area (Å²) in [6.45, 7) is 1.49. The lowest BCUT2D eigenvalue weighted by Crippen LogP contribution is -2.40. The maximum absolute atomic E-state index is 13.5. The molecule has 0 bridgehead atoms. The number of hydrogen-bond donors (Lipinski definition) is 1. The number of rotatable bonds is 6. The second-order valence-corrected chi connectivity index (χ2v) is 5.41. The third-order valence-electron chi connectivity index (χ3n) is 3.63. The van der Waals surface area contributed by atoms with Crippen LogP contribution in [0.4, 0.5) is 4.39 Å². The second kappa shape index (κ2) is 11.3. The van der Waals surface area contributed by atoms with Crippen LogP contribution in [0.3, 0.4) is 0 Å². The molecule has 138 valence electrons. The fourth-order valence-corrected chi connectivity index (χ4v) is 2.22. The van der Waals surface area contributed by atoms with E-state index in [4.69, 9.17) is 10.00 Å². The molecule has 2 rings (SSSR count). The number of nitrogens with zero attached hydrogens (tertiary/aromatic N) is 3. The standard InChI is InChI=1S/C19H21FN4O.HI/c1-22-19(23-14-16-9-7-15(13-21)8-10-16)24(2)11-12-25-18-6-4-3-5-17(18)20;/h3-10H,11-12,14H2,1-2H3,(H,22,23);1H. The Kier molecular flexibility index (Phi) is 9.44. The number of likely N-dealkylation sites (N-methyl/N-ethyl adjacent to an activating group) is 1. The number of halogens is 2. The Bertz CT molecular complexity index is 759. The zero-order valence-corrected chi connectivity index (χ0v) is 17.1. The van der Waals surface area contributed by atoms with Crippen molar-refractivity contribution in [3.05, 3.63) is 65.5 Å². The summed E-state index contributed by atoms with van der Waals surface area (Å²) < 4.78 is 19.0. The van der Waals surface area contributed by atoms with E-state index in [2.05, 4.69) is 16.4 Å². The molecule has 0 fully saturated rings. The van der Waals surface area contributed by atoms with E-state index in [0.29, 0.717) is 31.2 Å². The minimum atomic E-state index is -0.367. The molecule has 5 nitrogen and oxygen atoms in total. The molecule has 0 aliphatic heterocycles. The Labute approximate surface area is 170 Å². The van der Waals surface area contributed by atoms with Gasteiger partial charge < -0.3 is 15.0 Å². The Morgan fingerprint density at radius 3 is 2.54 bits per heavy atom. The van der Waals surface area contributed by atoms with Gasteiger partial charge in [-0.3, -0.25) is 4.99 Å². The summed E-state index contributed by atoms with van der Waals surface area (Å²) in [6.07, 6.45) is 0. The van der Waals surface area contributed by atoms with Gasteiger partial charge in [0.05, 0.1) is 18.2 Å². The predicted molar refractivity (Wildman–Crippen MR) is 111 cm³/mol. The lowest BCUT2D eigenvalue weighted by Gasteiger charge is -2.22. The summed E-state index contributed by atoms with van der Waals surface area (Å²) in [4.78, 5) is 6.14. The highest BCUT2D eigenvalue weighted by Gasteiger charge is 2.07. The molecule has 0 unspecified atom stereocenters. The van der Waals surface area contributed by atoms with E-state index < -0.39 is 0 Å². The smallest absolute Gasteiger partial charge is 0.193 e.